The number of hydrogen-bond acceptors (Lipinski definition) is 8. The van der Waals surface area contributed by atoms with E-state index in [1.807, 2.05) is 23.6 Å². The first kappa shape index (κ1) is 28.2. The summed E-state index contributed by atoms with van der Waals surface area (Å²) in [4.78, 5) is 26.7. The number of amides is 1. The van der Waals surface area contributed by atoms with Crippen molar-refractivity contribution in [2.24, 2.45) is 0 Å². The Labute approximate surface area is 232 Å². The van der Waals surface area contributed by atoms with Crippen LogP contribution in [0.5, 0.6) is 5.75 Å². The van der Waals surface area contributed by atoms with E-state index in [0.717, 1.165) is 37.0 Å². The molecular formula is C28H36N4O4S2. The molecule has 1 aromatic carbocycles. The molecule has 4 rings (SSSR count). The van der Waals surface area contributed by atoms with Crippen molar-refractivity contribution in [3.8, 4) is 5.75 Å². The highest BCUT2D eigenvalue weighted by Gasteiger charge is 2.27. The molecule has 2 aromatic heterocycles. The predicted molar refractivity (Wildman–Crippen MR) is 151 cm³/mol. The summed E-state index contributed by atoms with van der Waals surface area (Å²) in [6.07, 6.45) is 3.91. The van der Waals surface area contributed by atoms with Crippen molar-refractivity contribution < 1.29 is 19.1 Å². The molecule has 0 spiro atoms. The fourth-order valence-corrected chi connectivity index (χ4v) is 6.53. The molecule has 0 fully saturated rings. The Bertz CT molecular complexity index is 1280. The van der Waals surface area contributed by atoms with Crippen LogP contribution in [0.15, 0.2) is 29.4 Å². The Morgan fingerprint density at radius 1 is 1.11 bits per heavy atom. The minimum absolute atomic E-state index is 0.0859. The molecule has 38 heavy (non-hydrogen) atoms. The number of fused-ring (bicyclic) bond motifs is 1. The Balaban J connectivity index is 1.38. The lowest BCUT2D eigenvalue weighted by Crippen LogP contribution is -2.17. The number of nitrogens with zero attached hydrogens (tertiary/aromatic N) is 3. The van der Waals surface area contributed by atoms with E-state index in [1.165, 1.54) is 33.5 Å². The second kappa shape index (κ2) is 12.3. The van der Waals surface area contributed by atoms with Gasteiger partial charge in [0.25, 0.3) is 0 Å². The average Bonchev–Trinajstić information content (AvgIpc) is 3.46. The summed E-state index contributed by atoms with van der Waals surface area (Å²) in [5, 5.41) is 12.8. The fourth-order valence-electron chi connectivity index (χ4n) is 4.42. The van der Waals surface area contributed by atoms with E-state index < -0.39 is 0 Å². The van der Waals surface area contributed by atoms with Crippen molar-refractivity contribution in [3.63, 3.8) is 0 Å². The molecule has 1 aliphatic carbocycles. The molecule has 8 nitrogen and oxygen atoms in total. The minimum atomic E-state index is -0.363. The number of hydrogen-bond donors (Lipinski definition) is 1. The summed E-state index contributed by atoms with van der Waals surface area (Å²) >= 11 is 2.81. The van der Waals surface area contributed by atoms with Crippen LogP contribution in [-0.4, -0.2) is 39.0 Å². The minimum Gasteiger partial charge on any atom is -0.486 e. The lowest BCUT2D eigenvalue weighted by molar-refractivity contribution is -0.113. The maximum atomic E-state index is 12.9. The smallest absolute Gasteiger partial charge is 0.341 e. The molecule has 204 valence electrons. The van der Waals surface area contributed by atoms with Crippen molar-refractivity contribution >= 4 is 40.0 Å². The van der Waals surface area contributed by atoms with E-state index in [-0.39, 0.29) is 29.7 Å². The molecule has 10 heteroatoms. The molecule has 0 unspecified atom stereocenters. The van der Waals surface area contributed by atoms with Gasteiger partial charge in [0, 0.05) is 11.4 Å². The van der Waals surface area contributed by atoms with Gasteiger partial charge in [-0.05, 0) is 68.2 Å². The number of esters is 1. The third-order valence-electron chi connectivity index (χ3n) is 6.43. The number of rotatable bonds is 10. The van der Waals surface area contributed by atoms with Crippen LogP contribution in [0, 0.1) is 0 Å². The maximum absolute atomic E-state index is 12.9. The number of nitrogens with one attached hydrogen (secondary N) is 1. The first-order valence-electron chi connectivity index (χ1n) is 13.1. The van der Waals surface area contributed by atoms with Crippen molar-refractivity contribution in [1.82, 2.24) is 14.8 Å². The van der Waals surface area contributed by atoms with Crippen LogP contribution in [0.2, 0.25) is 0 Å². The van der Waals surface area contributed by atoms with Crippen molar-refractivity contribution in [2.45, 2.75) is 84.0 Å². The second-order valence-electron chi connectivity index (χ2n) is 10.2. The van der Waals surface area contributed by atoms with Crippen LogP contribution in [0.1, 0.15) is 79.6 Å². The van der Waals surface area contributed by atoms with Gasteiger partial charge in [-0.15, -0.1) is 21.5 Å². The standard InChI is InChI=1S/C28H36N4O4S2/c1-6-32-22(16-36-19-14-12-18(13-15-19)28(3,4)5)30-31-27(32)37-17-23(33)29-25-24(26(34)35-7-2)20-10-8-9-11-21(20)38-25/h12-15H,6-11,16-17H2,1-5H3,(H,29,33). The van der Waals surface area contributed by atoms with Crippen LogP contribution >= 0.6 is 23.1 Å². The average molecular weight is 557 g/mol. The van der Waals surface area contributed by atoms with E-state index >= 15 is 0 Å². The lowest BCUT2D eigenvalue weighted by atomic mass is 9.87. The molecule has 0 radical (unpaired) electrons. The fraction of sp³-hybridized carbons (Fsp3) is 0.500. The number of carbonyl (C=O) groups excluding carboxylic acids is 2. The number of benzene rings is 1. The van der Waals surface area contributed by atoms with Crippen molar-refractivity contribution in [2.75, 3.05) is 17.7 Å². The predicted octanol–water partition coefficient (Wildman–Crippen LogP) is 6.02. The zero-order valence-electron chi connectivity index (χ0n) is 22.8. The van der Waals surface area contributed by atoms with Gasteiger partial charge >= 0.3 is 5.97 Å². The highest BCUT2D eigenvalue weighted by Crippen LogP contribution is 2.38. The molecule has 3 aromatic rings. The molecule has 0 atom stereocenters. The summed E-state index contributed by atoms with van der Waals surface area (Å²) < 4.78 is 13.2. The zero-order chi connectivity index (χ0) is 27.3. The van der Waals surface area contributed by atoms with Crippen molar-refractivity contribution in [3.05, 3.63) is 51.7 Å². The topological polar surface area (TPSA) is 95.3 Å². The Morgan fingerprint density at radius 2 is 1.84 bits per heavy atom. The summed E-state index contributed by atoms with van der Waals surface area (Å²) in [5.74, 6) is 1.07. The van der Waals surface area contributed by atoms with Gasteiger partial charge in [0.05, 0.1) is 17.9 Å². The van der Waals surface area contributed by atoms with Gasteiger partial charge in [0.2, 0.25) is 5.91 Å². The van der Waals surface area contributed by atoms with Crippen LogP contribution in [-0.2, 0) is 40.9 Å². The first-order chi connectivity index (χ1) is 18.2. The van der Waals surface area contributed by atoms with Crippen LogP contribution < -0.4 is 10.1 Å². The van der Waals surface area contributed by atoms with Gasteiger partial charge in [0.1, 0.15) is 17.4 Å². The van der Waals surface area contributed by atoms with Gasteiger partial charge in [-0.3, -0.25) is 4.79 Å². The van der Waals surface area contributed by atoms with Crippen LogP contribution in [0.25, 0.3) is 0 Å². The molecule has 1 amide bonds. The quantitative estimate of drug-likeness (QED) is 0.241. The molecule has 2 heterocycles. The summed E-state index contributed by atoms with van der Waals surface area (Å²) in [6.45, 7) is 11.6. The summed E-state index contributed by atoms with van der Waals surface area (Å²) in [5.41, 5.74) is 2.89. The number of aromatic nitrogens is 3. The number of aryl methyl sites for hydroxylation is 1. The number of anilines is 1. The molecule has 0 saturated carbocycles. The maximum Gasteiger partial charge on any atom is 0.341 e. The molecular weight excluding hydrogens is 520 g/mol. The van der Waals surface area contributed by atoms with Crippen LogP contribution in [0.3, 0.4) is 0 Å². The van der Waals surface area contributed by atoms with E-state index in [4.69, 9.17) is 9.47 Å². The van der Waals surface area contributed by atoms with Gasteiger partial charge in [-0.25, -0.2) is 4.79 Å². The largest absolute Gasteiger partial charge is 0.486 e. The second-order valence-corrected chi connectivity index (χ2v) is 12.2. The van der Waals surface area contributed by atoms with Gasteiger partial charge in [0.15, 0.2) is 11.0 Å². The molecule has 1 aliphatic rings. The van der Waals surface area contributed by atoms with Gasteiger partial charge in [-0.1, -0.05) is 44.7 Å². The zero-order valence-corrected chi connectivity index (χ0v) is 24.4. The van der Waals surface area contributed by atoms with Gasteiger partial charge in [-0.2, -0.15) is 0 Å². The third-order valence-corrected chi connectivity index (χ3v) is 8.61. The normalized spacial score (nSPS) is 13.2. The highest BCUT2D eigenvalue weighted by atomic mass is 32.2. The lowest BCUT2D eigenvalue weighted by Gasteiger charge is -2.19. The SMILES string of the molecule is CCOC(=O)c1c(NC(=O)CSc2nnc(COc3ccc(C(C)(C)C)cc3)n2CC)sc2c1CCCC2. The number of carbonyl (C=O) groups is 2. The number of thioether (sulfide) groups is 1. The van der Waals surface area contributed by atoms with Crippen molar-refractivity contribution in [1.29, 1.82) is 0 Å². The Morgan fingerprint density at radius 3 is 2.53 bits per heavy atom. The van der Waals surface area contributed by atoms with E-state index in [9.17, 15) is 9.59 Å². The molecule has 0 bridgehead atoms. The van der Waals surface area contributed by atoms with Crippen LogP contribution in [0.4, 0.5) is 5.00 Å². The van der Waals surface area contributed by atoms with Gasteiger partial charge < -0.3 is 19.4 Å². The monoisotopic (exact) mass is 556 g/mol. The third kappa shape index (κ3) is 6.58. The number of thiophene rings is 1. The molecule has 1 N–H and O–H groups in total. The van der Waals surface area contributed by atoms with E-state index in [1.54, 1.807) is 6.92 Å². The Hall–Kier alpha value is -2.85. The van der Waals surface area contributed by atoms with E-state index in [0.29, 0.717) is 34.7 Å². The van der Waals surface area contributed by atoms with E-state index in [2.05, 4.69) is 48.4 Å². The molecule has 0 saturated heterocycles. The first-order valence-corrected chi connectivity index (χ1v) is 14.9. The number of ether oxygens (including phenoxy) is 2. The summed E-state index contributed by atoms with van der Waals surface area (Å²) in [7, 11) is 0. The molecule has 0 aliphatic heterocycles. The highest BCUT2D eigenvalue weighted by molar-refractivity contribution is 7.99. The Kier molecular flexibility index (Phi) is 9.15. The summed E-state index contributed by atoms with van der Waals surface area (Å²) in [6, 6.07) is 8.11.